The molecule has 190 valence electrons. The normalized spacial score (nSPS) is 17.2. The zero-order valence-corrected chi connectivity index (χ0v) is 21.4. The highest BCUT2D eigenvalue weighted by Crippen LogP contribution is 2.34. The van der Waals surface area contributed by atoms with Gasteiger partial charge in [0.2, 0.25) is 12.1 Å². The van der Waals surface area contributed by atoms with E-state index in [1.165, 1.54) is 12.1 Å². The number of fused-ring (bicyclic) bond motifs is 1. The predicted octanol–water partition coefficient (Wildman–Crippen LogP) is 5.82. The summed E-state index contributed by atoms with van der Waals surface area (Å²) in [6.07, 6.45) is 11.4. The zero-order valence-electron chi connectivity index (χ0n) is 21.4. The molecule has 0 bridgehead atoms. The Bertz CT molecular complexity index is 1140. The molecule has 0 spiro atoms. The molecule has 0 aliphatic carbocycles. The summed E-state index contributed by atoms with van der Waals surface area (Å²) in [5, 5.41) is 4.24. The lowest BCUT2D eigenvalue weighted by Gasteiger charge is -2.30. The molecule has 36 heavy (non-hydrogen) atoms. The van der Waals surface area contributed by atoms with Gasteiger partial charge in [-0.2, -0.15) is 0 Å². The van der Waals surface area contributed by atoms with E-state index in [0.717, 1.165) is 22.5 Å². The van der Waals surface area contributed by atoms with Gasteiger partial charge in [-0.3, -0.25) is 4.99 Å². The number of benzene rings is 2. The minimum atomic E-state index is -0.406. The second-order valence-electron chi connectivity index (χ2n) is 7.45. The number of allylic oxidation sites excluding steroid dienone is 1. The number of nitrogens with zero attached hydrogens (tertiary/aromatic N) is 4. The first-order valence-corrected chi connectivity index (χ1v) is 11.5. The molecule has 1 atom stereocenters. The predicted molar refractivity (Wildman–Crippen MR) is 144 cm³/mol. The fourth-order valence-electron chi connectivity index (χ4n) is 3.64. The molecule has 0 unspecified atom stereocenters. The number of halogens is 1. The summed E-state index contributed by atoms with van der Waals surface area (Å²) in [7, 11) is 3.56. The number of anilines is 1. The average molecular weight is 493 g/mol. The van der Waals surface area contributed by atoms with Gasteiger partial charge in [0.25, 0.3) is 0 Å². The third-order valence-electron chi connectivity index (χ3n) is 5.27. The number of terminal acetylenes is 1. The van der Waals surface area contributed by atoms with Crippen molar-refractivity contribution in [2.75, 3.05) is 32.2 Å². The van der Waals surface area contributed by atoms with E-state index in [4.69, 9.17) is 14.3 Å². The Morgan fingerprint density at radius 1 is 1.25 bits per heavy atom. The van der Waals surface area contributed by atoms with Crippen LogP contribution in [0.1, 0.15) is 38.1 Å². The first-order chi connectivity index (χ1) is 17.5. The summed E-state index contributed by atoms with van der Waals surface area (Å²) in [4.78, 5) is 13.5. The number of hydrogen-bond acceptors (Lipinski definition) is 7. The van der Waals surface area contributed by atoms with Crippen LogP contribution in [0.15, 0.2) is 70.3 Å². The molecule has 0 N–H and O–H groups in total. The fourth-order valence-corrected chi connectivity index (χ4v) is 3.64. The monoisotopic (exact) mass is 492 g/mol. The molecule has 0 radical (unpaired) electrons. The lowest BCUT2D eigenvalue weighted by Crippen LogP contribution is -2.39. The summed E-state index contributed by atoms with van der Waals surface area (Å²) >= 11 is 0. The van der Waals surface area contributed by atoms with Crippen LogP contribution in [-0.2, 0) is 9.57 Å². The number of aliphatic imine (C=N–C) groups is 1. The van der Waals surface area contributed by atoms with Crippen molar-refractivity contribution < 1.29 is 18.7 Å². The van der Waals surface area contributed by atoms with Crippen LogP contribution in [0, 0.1) is 18.7 Å². The number of rotatable bonds is 6. The largest absolute Gasteiger partial charge is 0.495 e. The van der Waals surface area contributed by atoms with Gasteiger partial charge in [-0.05, 0) is 49.5 Å². The van der Waals surface area contributed by atoms with Gasteiger partial charge in [0.15, 0.2) is 5.76 Å². The summed E-state index contributed by atoms with van der Waals surface area (Å²) in [5.41, 5.74) is 3.41. The molecule has 2 aliphatic heterocycles. The molecule has 7 nitrogen and oxygen atoms in total. The van der Waals surface area contributed by atoms with Crippen LogP contribution in [0.5, 0.6) is 5.75 Å². The second-order valence-corrected chi connectivity index (χ2v) is 7.45. The second kappa shape index (κ2) is 13.6. The molecular formula is C28H33FN4O3. The van der Waals surface area contributed by atoms with E-state index in [-0.39, 0.29) is 5.82 Å². The van der Waals surface area contributed by atoms with Crippen LogP contribution in [-0.4, -0.2) is 44.8 Å². The van der Waals surface area contributed by atoms with Gasteiger partial charge in [0.1, 0.15) is 18.2 Å². The van der Waals surface area contributed by atoms with Crippen molar-refractivity contribution in [3.8, 4) is 18.6 Å². The highest BCUT2D eigenvalue weighted by atomic mass is 19.1. The average Bonchev–Trinajstić information content (AvgIpc) is 3.36. The van der Waals surface area contributed by atoms with Gasteiger partial charge in [-0.15, -0.1) is 12.8 Å². The van der Waals surface area contributed by atoms with Crippen molar-refractivity contribution >= 4 is 24.3 Å². The zero-order chi connectivity index (χ0) is 26.7. The van der Waals surface area contributed by atoms with Crippen LogP contribution in [0.2, 0.25) is 0 Å². The van der Waals surface area contributed by atoms with E-state index >= 15 is 0 Å². The molecule has 8 heteroatoms. The number of oxime groups is 1. The van der Waals surface area contributed by atoms with Crippen molar-refractivity contribution in [1.82, 2.24) is 4.90 Å². The Morgan fingerprint density at radius 2 is 1.94 bits per heavy atom. The highest BCUT2D eigenvalue weighted by molar-refractivity contribution is 6.01. The van der Waals surface area contributed by atoms with Crippen molar-refractivity contribution in [2.45, 2.75) is 27.0 Å². The maximum absolute atomic E-state index is 13.3. The van der Waals surface area contributed by atoms with Gasteiger partial charge in [0.05, 0.1) is 25.0 Å². The van der Waals surface area contributed by atoms with Gasteiger partial charge < -0.3 is 24.1 Å². The van der Waals surface area contributed by atoms with E-state index in [9.17, 15) is 4.39 Å². The van der Waals surface area contributed by atoms with E-state index in [2.05, 4.69) is 29.7 Å². The SMILES string of the molecule is C#C.C=N/C(C)=C\N(C)c1ccc(/C=C2\OCCN3C2=NO[C@H]3c2ccc(F)cc2)cc1OC.CC. The van der Waals surface area contributed by atoms with Crippen molar-refractivity contribution in [1.29, 1.82) is 0 Å². The standard InChI is InChI=1S/C24H25FN4O3.C2H6.C2H2/c1-16(26-2)15-28(3)20-10-5-17(13-21(20)30-4)14-22-23-27-32-24(29(23)11-12-31-22)18-6-8-19(25)9-7-18;2*1-2/h5-10,13-15,24H,2,11-12H2,1,3-4H3;1-2H3;1-2H/b16-15-,22-14-;;/t24-;;/m0../s1. The molecule has 0 saturated carbocycles. The minimum absolute atomic E-state index is 0.287. The van der Waals surface area contributed by atoms with E-state index < -0.39 is 6.23 Å². The summed E-state index contributed by atoms with van der Waals surface area (Å²) in [6.45, 7) is 10.5. The summed E-state index contributed by atoms with van der Waals surface area (Å²) in [6, 6.07) is 12.1. The Balaban J connectivity index is 0.00000109. The Morgan fingerprint density at radius 3 is 2.58 bits per heavy atom. The molecule has 1 fully saturated rings. The van der Waals surface area contributed by atoms with Gasteiger partial charge in [-0.1, -0.05) is 37.2 Å². The Kier molecular flexibility index (Phi) is 10.6. The molecule has 2 aromatic rings. The van der Waals surface area contributed by atoms with Crippen LogP contribution >= 0.6 is 0 Å². The molecule has 4 rings (SSSR count). The highest BCUT2D eigenvalue weighted by Gasteiger charge is 2.37. The topological polar surface area (TPSA) is 58.9 Å². The van der Waals surface area contributed by atoms with E-state index in [1.54, 1.807) is 19.2 Å². The summed E-state index contributed by atoms with van der Waals surface area (Å²) in [5.74, 6) is 1.64. The molecule has 0 aromatic heterocycles. The molecule has 0 amide bonds. The Labute approximate surface area is 213 Å². The third kappa shape index (κ3) is 6.45. The molecule has 2 aromatic carbocycles. The summed E-state index contributed by atoms with van der Waals surface area (Å²) < 4.78 is 24.8. The Hall–Kier alpha value is -4.25. The smallest absolute Gasteiger partial charge is 0.227 e. The lowest BCUT2D eigenvalue weighted by atomic mass is 10.1. The maximum Gasteiger partial charge on any atom is 0.227 e. The number of morpholine rings is 1. The van der Waals surface area contributed by atoms with Crippen LogP contribution in [0.25, 0.3) is 6.08 Å². The van der Waals surface area contributed by atoms with Crippen molar-refractivity contribution in [3.05, 3.63) is 77.1 Å². The molecule has 1 saturated heterocycles. The lowest BCUT2D eigenvalue weighted by molar-refractivity contribution is -0.00180. The number of ether oxygens (including phenoxy) is 2. The van der Waals surface area contributed by atoms with Crippen LogP contribution in [0.3, 0.4) is 0 Å². The number of methoxy groups -OCH3 is 1. The van der Waals surface area contributed by atoms with Crippen LogP contribution < -0.4 is 9.64 Å². The first kappa shape index (κ1) is 28.0. The van der Waals surface area contributed by atoms with Gasteiger partial charge >= 0.3 is 0 Å². The van der Waals surface area contributed by atoms with Crippen molar-refractivity contribution in [2.24, 2.45) is 10.1 Å². The van der Waals surface area contributed by atoms with Crippen molar-refractivity contribution in [3.63, 3.8) is 0 Å². The minimum Gasteiger partial charge on any atom is -0.495 e. The number of hydrogen-bond donors (Lipinski definition) is 0. The maximum atomic E-state index is 13.3. The third-order valence-corrected chi connectivity index (χ3v) is 5.27. The fraction of sp³-hybridized carbons (Fsp3) is 0.286. The van der Waals surface area contributed by atoms with Gasteiger partial charge in [0, 0.05) is 18.8 Å². The van der Waals surface area contributed by atoms with E-state index in [1.807, 2.05) is 68.1 Å². The first-order valence-electron chi connectivity index (χ1n) is 11.5. The van der Waals surface area contributed by atoms with E-state index in [0.29, 0.717) is 30.5 Å². The quantitative estimate of drug-likeness (QED) is 0.375. The molecular weight excluding hydrogens is 459 g/mol. The molecule has 2 aliphatic rings. The van der Waals surface area contributed by atoms with Gasteiger partial charge in [-0.25, -0.2) is 4.39 Å². The van der Waals surface area contributed by atoms with Crippen LogP contribution in [0.4, 0.5) is 10.1 Å². The molecule has 2 heterocycles. The number of amidine groups is 1.